The van der Waals surface area contributed by atoms with Crippen LogP contribution in [0.5, 0.6) is 0 Å². The molecule has 0 bridgehead atoms. The molecule has 1 fully saturated rings. The van der Waals surface area contributed by atoms with Crippen molar-refractivity contribution >= 4 is 5.97 Å². The number of rotatable bonds is 4. The Hall–Kier alpha value is -1.03. The Morgan fingerprint density at radius 1 is 1.67 bits per heavy atom. The van der Waals surface area contributed by atoms with Gasteiger partial charge in [0.2, 0.25) is 0 Å². The molecule has 0 spiro atoms. The van der Waals surface area contributed by atoms with Crippen molar-refractivity contribution in [3.63, 3.8) is 0 Å². The van der Waals surface area contributed by atoms with Gasteiger partial charge >= 0.3 is 5.97 Å². The zero-order chi connectivity index (χ0) is 11.3. The molecule has 1 aliphatic rings. The molecular weight excluding hydrogens is 196 g/mol. The summed E-state index contributed by atoms with van der Waals surface area (Å²) in [6, 6.07) is 0. The molecule has 0 aromatic rings. The number of hydrogen-bond acceptors (Lipinski definition) is 4. The van der Waals surface area contributed by atoms with Crippen LogP contribution in [0.1, 0.15) is 27.2 Å². The van der Waals surface area contributed by atoms with Gasteiger partial charge in [-0.05, 0) is 12.8 Å². The maximum atomic E-state index is 11.2. The predicted molar refractivity (Wildman–Crippen MR) is 55.0 cm³/mol. The van der Waals surface area contributed by atoms with Gasteiger partial charge in [-0.2, -0.15) is 0 Å². The lowest BCUT2D eigenvalue weighted by molar-refractivity contribution is -0.137. The van der Waals surface area contributed by atoms with Gasteiger partial charge in [0.1, 0.15) is 11.9 Å². The van der Waals surface area contributed by atoms with Crippen LogP contribution in [0.25, 0.3) is 0 Å². The van der Waals surface area contributed by atoms with E-state index in [4.69, 9.17) is 14.2 Å². The van der Waals surface area contributed by atoms with Gasteiger partial charge < -0.3 is 14.2 Å². The van der Waals surface area contributed by atoms with Crippen LogP contribution in [0, 0.1) is 5.92 Å². The Kier molecular flexibility index (Phi) is 4.62. The molecule has 0 aromatic heterocycles. The molecule has 2 atom stereocenters. The minimum absolute atomic E-state index is 0.112. The highest BCUT2D eigenvalue weighted by atomic mass is 16.7. The molecule has 1 unspecified atom stereocenters. The molecule has 0 radical (unpaired) electrons. The van der Waals surface area contributed by atoms with E-state index in [1.807, 2.05) is 0 Å². The topological polar surface area (TPSA) is 44.8 Å². The van der Waals surface area contributed by atoms with Crippen molar-refractivity contribution in [2.75, 3.05) is 13.4 Å². The number of hydrogen-bond donors (Lipinski definition) is 0. The molecule has 1 aliphatic heterocycles. The SMILES string of the molecule is CCOC(=O)/C=C1/OCO[C@H]1C(C)CC. The van der Waals surface area contributed by atoms with E-state index in [2.05, 4.69) is 13.8 Å². The lowest BCUT2D eigenvalue weighted by Gasteiger charge is -2.15. The summed E-state index contributed by atoms with van der Waals surface area (Å²) in [6.07, 6.45) is 2.25. The zero-order valence-corrected chi connectivity index (χ0v) is 9.49. The summed E-state index contributed by atoms with van der Waals surface area (Å²) in [5.41, 5.74) is 0. The molecule has 15 heavy (non-hydrogen) atoms. The van der Waals surface area contributed by atoms with E-state index in [9.17, 15) is 4.79 Å². The van der Waals surface area contributed by atoms with Gasteiger partial charge in [-0.1, -0.05) is 20.3 Å². The van der Waals surface area contributed by atoms with E-state index >= 15 is 0 Å². The number of esters is 1. The standard InChI is InChI=1S/C11H18O4/c1-4-8(3)11-9(14-7-15-11)6-10(12)13-5-2/h6,8,11H,4-5,7H2,1-3H3/b9-6+/t8?,11-/m0/s1. The number of ether oxygens (including phenoxy) is 3. The third kappa shape index (κ3) is 3.23. The van der Waals surface area contributed by atoms with Gasteiger partial charge in [-0.25, -0.2) is 4.79 Å². The summed E-state index contributed by atoms with van der Waals surface area (Å²) in [5, 5.41) is 0. The van der Waals surface area contributed by atoms with Crippen LogP contribution in [-0.2, 0) is 19.0 Å². The Labute approximate surface area is 90.2 Å². The second-order valence-corrected chi connectivity index (χ2v) is 3.53. The summed E-state index contributed by atoms with van der Waals surface area (Å²) < 4.78 is 15.5. The smallest absolute Gasteiger partial charge is 0.334 e. The van der Waals surface area contributed by atoms with Crippen LogP contribution in [0.4, 0.5) is 0 Å². The first-order valence-electron chi connectivity index (χ1n) is 5.31. The van der Waals surface area contributed by atoms with Crippen molar-refractivity contribution in [2.24, 2.45) is 5.92 Å². The van der Waals surface area contributed by atoms with E-state index in [1.165, 1.54) is 6.08 Å². The van der Waals surface area contributed by atoms with E-state index in [1.54, 1.807) is 6.92 Å². The van der Waals surface area contributed by atoms with E-state index in [0.29, 0.717) is 18.3 Å². The summed E-state index contributed by atoms with van der Waals surface area (Å²) in [7, 11) is 0. The maximum absolute atomic E-state index is 11.2. The van der Waals surface area contributed by atoms with Crippen LogP contribution >= 0.6 is 0 Å². The van der Waals surface area contributed by atoms with E-state index in [-0.39, 0.29) is 18.9 Å². The van der Waals surface area contributed by atoms with Crippen molar-refractivity contribution in [3.05, 3.63) is 11.8 Å². The largest absolute Gasteiger partial charge is 0.469 e. The normalized spacial score (nSPS) is 25.0. The first-order valence-corrected chi connectivity index (χ1v) is 5.31. The molecule has 0 saturated carbocycles. The second-order valence-electron chi connectivity index (χ2n) is 3.53. The molecular formula is C11H18O4. The van der Waals surface area contributed by atoms with Crippen molar-refractivity contribution in [1.29, 1.82) is 0 Å². The highest BCUT2D eigenvalue weighted by Gasteiger charge is 2.28. The van der Waals surface area contributed by atoms with Gasteiger partial charge in [0.25, 0.3) is 0 Å². The molecule has 1 saturated heterocycles. The minimum atomic E-state index is -0.369. The van der Waals surface area contributed by atoms with Gasteiger partial charge in [0, 0.05) is 0 Å². The molecule has 86 valence electrons. The maximum Gasteiger partial charge on any atom is 0.334 e. The average molecular weight is 214 g/mol. The summed E-state index contributed by atoms with van der Waals surface area (Å²) in [6.45, 7) is 6.51. The Bertz CT molecular complexity index is 247. The fourth-order valence-electron chi connectivity index (χ4n) is 1.42. The average Bonchev–Trinajstić information content (AvgIpc) is 2.65. The Morgan fingerprint density at radius 3 is 3.00 bits per heavy atom. The molecule has 0 amide bonds. The molecule has 0 aliphatic carbocycles. The summed E-state index contributed by atoms with van der Waals surface area (Å²) in [5.74, 6) is 0.558. The molecule has 0 N–H and O–H groups in total. The van der Waals surface area contributed by atoms with Crippen molar-refractivity contribution < 1.29 is 19.0 Å². The van der Waals surface area contributed by atoms with Crippen LogP contribution in [0.15, 0.2) is 11.8 Å². The third-order valence-corrected chi connectivity index (χ3v) is 2.46. The van der Waals surface area contributed by atoms with Crippen LogP contribution in [0.3, 0.4) is 0 Å². The lowest BCUT2D eigenvalue weighted by atomic mass is 10.0. The third-order valence-electron chi connectivity index (χ3n) is 2.46. The van der Waals surface area contributed by atoms with Crippen LogP contribution < -0.4 is 0 Å². The van der Waals surface area contributed by atoms with Gasteiger partial charge in [-0.3, -0.25) is 0 Å². The van der Waals surface area contributed by atoms with Crippen LogP contribution in [0.2, 0.25) is 0 Å². The predicted octanol–water partition coefficient (Wildman–Crippen LogP) is 1.85. The fourth-order valence-corrected chi connectivity index (χ4v) is 1.42. The second kappa shape index (κ2) is 5.75. The lowest BCUT2D eigenvalue weighted by Crippen LogP contribution is -2.19. The first-order chi connectivity index (χ1) is 7.19. The highest BCUT2D eigenvalue weighted by Crippen LogP contribution is 2.25. The molecule has 1 rings (SSSR count). The van der Waals surface area contributed by atoms with Gasteiger partial charge in [0.15, 0.2) is 6.79 Å². The monoisotopic (exact) mass is 214 g/mol. The van der Waals surface area contributed by atoms with Crippen molar-refractivity contribution in [2.45, 2.75) is 33.3 Å². The summed E-state index contributed by atoms with van der Waals surface area (Å²) in [4.78, 5) is 11.2. The van der Waals surface area contributed by atoms with Gasteiger partial charge in [0.05, 0.1) is 12.7 Å². The first kappa shape index (κ1) is 12.0. The fraction of sp³-hybridized carbons (Fsp3) is 0.727. The van der Waals surface area contributed by atoms with Crippen LogP contribution in [-0.4, -0.2) is 25.5 Å². The number of carbonyl (C=O) groups is 1. The highest BCUT2D eigenvalue weighted by molar-refractivity contribution is 5.82. The summed E-state index contributed by atoms with van der Waals surface area (Å²) >= 11 is 0. The Morgan fingerprint density at radius 2 is 2.40 bits per heavy atom. The zero-order valence-electron chi connectivity index (χ0n) is 9.49. The molecule has 0 aromatic carbocycles. The molecule has 4 heteroatoms. The van der Waals surface area contributed by atoms with E-state index in [0.717, 1.165) is 6.42 Å². The quantitative estimate of drug-likeness (QED) is 0.529. The molecule has 1 heterocycles. The molecule has 4 nitrogen and oxygen atoms in total. The van der Waals surface area contributed by atoms with Crippen molar-refractivity contribution in [3.8, 4) is 0 Å². The minimum Gasteiger partial charge on any atom is -0.469 e. The van der Waals surface area contributed by atoms with Crippen molar-refractivity contribution in [1.82, 2.24) is 0 Å². The van der Waals surface area contributed by atoms with Gasteiger partial charge in [-0.15, -0.1) is 0 Å². The van der Waals surface area contributed by atoms with E-state index < -0.39 is 0 Å². The Balaban J connectivity index is 2.63. The number of carbonyl (C=O) groups excluding carboxylic acids is 1.